The van der Waals surface area contributed by atoms with Gasteiger partial charge >= 0.3 is 0 Å². The van der Waals surface area contributed by atoms with Gasteiger partial charge in [0.15, 0.2) is 5.78 Å². The van der Waals surface area contributed by atoms with E-state index in [0.717, 1.165) is 41.3 Å². The maximum absolute atomic E-state index is 13.0. The third kappa shape index (κ3) is 3.61. The molecule has 6 nitrogen and oxygen atoms in total. The molecule has 154 valence electrons. The van der Waals surface area contributed by atoms with Crippen molar-refractivity contribution in [2.24, 2.45) is 5.92 Å². The van der Waals surface area contributed by atoms with Gasteiger partial charge in [0.1, 0.15) is 11.4 Å². The standard InChI is InChI=1S/C24H25N3O3/c1-4-17(28)12-15-7-5-8-16(11-15)21-19(24(29)27(2)3)14-26-23-22(21)18(13-25-23)20-9-6-10-30-20/h4,6,8-10,13-15H,1,5,7,11-12H2,2-3H3,(H,25,26). The highest BCUT2D eigenvalue weighted by Crippen LogP contribution is 2.41. The summed E-state index contributed by atoms with van der Waals surface area (Å²) in [5.41, 5.74) is 4.09. The number of allylic oxidation sites excluding steroid dienone is 3. The first-order valence-electron chi connectivity index (χ1n) is 10.1. The number of aromatic amines is 1. The average molecular weight is 403 g/mol. The molecule has 0 bridgehead atoms. The quantitative estimate of drug-likeness (QED) is 0.597. The van der Waals surface area contributed by atoms with E-state index in [0.29, 0.717) is 23.4 Å². The number of carbonyl (C=O) groups is 2. The molecule has 1 atom stereocenters. The van der Waals surface area contributed by atoms with Crippen LogP contribution in [0, 0.1) is 5.92 Å². The predicted octanol–water partition coefficient (Wildman–Crippen LogP) is 4.85. The fourth-order valence-electron chi connectivity index (χ4n) is 4.19. The Hall–Kier alpha value is -3.41. The third-order valence-electron chi connectivity index (χ3n) is 5.64. The number of carbonyl (C=O) groups excluding carboxylic acids is 2. The van der Waals surface area contributed by atoms with Crippen molar-refractivity contribution < 1.29 is 14.0 Å². The van der Waals surface area contributed by atoms with Gasteiger partial charge in [-0.1, -0.05) is 12.7 Å². The van der Waals surface area contributed by atoms with E-state index in [1.807, 2.05) is 18.3 Å². The minimum Gasteiger partial charge on any atom is -0.464 e. The van der Waals surface area contributed by atoms with Gasteiger partial charge in [-0.05, 0) is 49.0 Å². The SMILES string of the molecule is C=CC(=O)CC1CCC=C(c2c(C(=O)N(C)C)cnc3[nH]cc(-c4ccco4)c23)C1. The third-order valence-corrected chi connectivity index (χ3v) is 5.64. The molecule has 0 saturated heterocycles. The summed E-state index contributed by atoms with van der Waals surface area (Å²) in [5.74, 6) is 0.903. The summed E-state index contributed by atoms with van der Waals surface area (Å²) in [6.45, 7) is 3.60. The van der Waals surface area contributed by atoms with E-state index in [1.54, 1.807) is 31.5 Å². The Balaban J connectivity index is 1.89. The lowest BCUT2D eigenvalue weighted by atomic mass is 9.80. The second-order valence-electron chi connectivity index (χ2n) is 7.90. The van der Waals surface area contributed by atoms with Crippen LogP contribution in [-0.2, 0) is 4.79 Å². The first-order valence-corrected chi connectivity index (χ1v) is 10.1. The second kappa shape index (κ2) is 8.14. The maximum Gasteiger partial charge on any atom is 0.255 e. The summed E-state index contributed by atoms with van der Waals surface area (Å²) in [5, 5.41) is 0.875. The van der Waals surface area contributed by atoms with Crippen LogP contribution in [0.2, 0.25) is 0 Å². The first kappa shape index (κ1) is 19.9. The average Bonchev–Trinajstić information content (AvgIpc) is 3.42. The number of hydrogen-bond acceptors (Lipinski definition) is 4. The van der Waals surface area contributed by atoms with Crippen molar-refractivity contribution in [1.82, 2.24) is 14.9 Å². The Morgan fingerprint density at radius 3 is 2.93 bits per heavy atom. The summed E-state index contributed by atoms with van der Waals surface area (Å²) in [6, 6.07) is 3.74. The smallest absolute Gasteiger partial charge is 0.255 e. The Bertz CT molecular complexity index is 1140. The number of H-pyrrole nitrogens is 1. The Morgan fingerprint density at radius 1 is 1.40 bits per heavy atom. The predicted molar refractivity (Wildman–Crippen MR) is 117 cm³/mol. The largest absolute Gasteiger partial charge is 0.464 e. The minimum absolute atomic E-state index is 0.0589. The number of amides is 1. The molecule has 1 aliphatic carbocycles. The molecule has 0 fully saturated rings. The normalized spacial score (nSPS) is 16.3. The molecule has 1 aliphatic rings. The molecule has 3 heterocycles. The van der Waals surface area contributed by atoms with E-state index in [2.05, 4.69) is 22.6 Å². The van der Waals surface area contributed by atoms with Gasteiger partial charge in [-0.3, -0.25) is 9.59 Å². The number of ketones is 1. The van der Waals surface area contributed by atoms with E-state index < -0.39 is 0 Å². The highest BCUT2D eigenvalue weighted by atomic mass is 16.3. The summed E-state index contributed by atoms with van der Waals surface area (Å²) in [4.78, 5) is 34.3. The van der Waals surface area contributed by atoms with E-state index in [9.17, 15) is 9.59 Å². The van der Waals surface area contributed by atoms with Gasteiger partial charge in [0, 0.05) is 49.4 Å². The molecule has 0 aliphatic heterocycles. The van der Waals surface area contributed by atoms with Crippen molar-refractivity contribution in [2.75, 3.05) is 14.1 Å². The monoisotopic (exact) mass is 403 g/mol. The van der Waals surface area contributed by atoms with Crippen molar-refractivity contribution in [3.05, 3.63) is 60.6 Å². The van der Waals surface area contributed by atoms with Gasteiger partial charge in [0.05, 0.1) is 11.8 Å². The zero-order valence-electron chi connectivity index (χ0n) is 17.3. The molecule has 0 aromatic carbocycles. The zero-order chi connectivity index (χ0) is 21.3. The number of aromatic nitrogens is 2. The lowest BCUT2D eigenvalue weighted by Crippen LogP contribution is -2.23. The Kier molecular flexibility index (Phi) is 5.40. The van der Waals surface area contributed by atoms with Crippen molar-refractivity contribution in [3.63, 3.8) is 0 Å². The number of nitrogens with one attached hydrogen (secondary N) is 1. The van der Waals surface area contributed by atoms with Crippen LogP contribution < -0.4 is 0 Å². The van der Waals surface area contributed by atoms with Crippen LogP contribution in [0.25, 0.3) is 27.9 Å². The Morgan fingerprint density at radius 2 is 2.23 bits per heavy atom. The van der Waals surface area contributed by atoms with Crippen LogP contribution >= 0.6 is 0 Å². The van der Waals surface area contributed by atoms with Crippen LogP contribution in [-0.4, -0.2) is 40.7 Å². The van der Waals surface area contributed by atoms with Gasteiger partial charge in [-0.25, -0.2) is 4.98 Å². The Labute approximate surface area is 175 Å². The van der Waals surface area contributed by atoms with Crippen LogP contribution in [0.3, 0.4) is 0 Å². The molecular formula is C24H25N3O3. The molecule has 3 aromatic rings. The number of hydrogen-bond donors (Lipinski definition) is 1. The van der Waals surface area contributed by atoms with Gasteiger partial charge < -0.3 is 14.3 Å². The van der Waals surface area contributed by atoms with Crippen LogP contribution in [0.1, 0.15) is 41.6 Å². The molecule has 0 spiro atoms. The van der Waals surface area contributed by atoms with Crippen molar-refractivity contribution in [2.45, 2.75) is 25.7 Å². The zero-order valence-corrected chi connectivity index (χ0v) is 17.3. The summed E-state index contributed by atoms with van der Waals surface area (Å²) in [6.07, 6.45) is 11.7. The number of furan rings is 1. The van der Waals surface area contributed by atoms with E-state index in [-0.39, 0.29) is 17.6 Å². The molecule has 3 aromatic heterocycles. The maximum atomic E-state index is 13.0. The topological polar surface area (TPSA) is 79.2 Å². The molecular weight excluding hydrogens is 378 g/mol. The highest BCUT2D eigenvalue weighted by molar-refractivity contribution is 6.09. The fraction of sp³-hybridized carbons (Fsp3) is 0.292. The molecule has 1 amide bonds. The first-order chi connectivity index (χ1) is 14.5. The van der Waals surface area contributed by atoms with Gasteiger partial charge in [-0.2, -0.15) is 0 Å². The fourth-order valence-corrected chi connectivity index (χ4v) is 4.19. The second-order valence-corrected chi connectivity index (χ2v) is 7.90. The van der Waals surface area contributed by atoms with Crippen molar-refractivity contribution in [3.8, 4) is 11.3 Å². The summed E-state index contributed by atoms with van der Waals surface area (Å²) >= 11 is 0. The van der Waals surface area contributed by atoms with Crippen molar-refractivity contribution >= 4 is 28.3 Å². The summed E-state index contributed by atoms with van der Waals surface area (Å²) in [7, 11) is 3.48. The van der Waals surface area contributed by atoms with Crippen LogP contribution in [0.4, 0.5) is 0 Å². The number of nitrogens with zero attached hydrogens (tertiary/aromatic N) is 2. The molecule has 1 N–H and O–H groups in total. The summed E-state index contributed by atoms with van der Waals surface area (Å²) < 4.78 is 5.65. The molecule has 6 heteroatoms. The van der Waals surface area contributed by atoms with Crippen LogP contribution in [0.5, 0.6) is 0 Å². The van der Waals surface area contributed by atoms with Gasteiger partial charge in [0.2, 0.25) is 0 Å². The van der Waals surface area contributed by atoms with E-state index in [4.69, 9.17) is 4.42 Å². The van der Waals surface area contributed by atoms with Gasteiger partial charge in [-0.15, -0.1) is 0 Å². The van der Waals surface area contributed by atoms with Gasteiger partial charge in [0.25, 0.3) is 5.91 Å². The molecule has 0 radical (unpaired) electrons. The van der Waals surface area contributed by atoms with E-state index in [1.165, 1.54) is 6.08 Å². The lowest BCUT2D eigenvalue weighted by molar-refractivity contribution is -0.115. The number of pyridine rings is 1. The highest BCUT2D eigenvalue weighted by Gasteiger charge is 2.27. The number of rotatable bonds is 6. The van der Waals surface area contributed by atoms with Crippen LogP contribution in [0.15, 0.2) is 53.9 Å². The van der Waals surface area contributed by atoms with Crippen molar-refractivity contribution in [1.29, 1.82) is 0 Å². The molecule has 30 heavy (non-hydrogen) atoms. The van der Waals surface area contributed by atoms with E-state index >= 15 is 0 Å². The number of fused-ring (bicyclic) bond motifs is 1. The lowest BCUT2D eigenvalue weighted by Gasteiger charge is -2.25. The molecule has 1 unspecified atom stereocenters. The molecule has 0 saturated carbocycles. The minimum atomic E-state index is -0.101. The molecule has 4 rings (SSSR count).